The second-order valence-corrected chi connectivity index (χ2v) is 14.2. The molecule has 2 saturated heterocycles. The van der Waals surface area contributed by atoms with Crippen molar-refractivity contribution < 1.29 is 22.8 Å². The number of benzene rings is 1. The maximum Gasteiger partial charge on any atom is 0.213 e. The Hall–Kier alpha value is -2.90. The second kappa shape index (κ2) is 13.0. The minimum Gasteiger partial charge on any atom is -0.491 e. The van der Waals surface area contributed by atoms with Gasteiger partial charge in [-0.25, -0.2) is 22.7 Å². The third-order valence-corrected chi connectivity index (χ3v) is 10.6. The number of hydrogen-bond acceptors (Lipinski definition) is 10. The summed E-state index contributed by atoms with van der Waals surface area (Å²) in [5.41, 5.74) is 5.43. The molecule has 2 aliphatic rings. The van der Waals surface area contributed by atoms with Gasteiger partial charge in [-0.2, -0.15) is 0 Å². The average Bonchev–Trinajstić information content (AvgIpc) is 3.32. The van der Waals surface area contributed by atoms with Gasteiger partial charge in [-0.1, -0.05) is 17.3 Å². The topological polar surface area (TPSA) is 134 Å². The number of aliphatic hydroxyl groups is 1. The maximum absolute atomic E-state index is 12.2. The fourth-order valence-electron chi connectivity index (χ4n) is 6.12. The lowest BCUT2D eigenvalue weighted by molar-refractivity contribution is 0.00116. The largest absolute Gasteiger partial charge is 0.491 e. The van der Waals surface area contributed by atoms with E-state index in [0.717, 1.165) is 72.7 Å². The summed E-state index contributed by atoms with van der Waals surface area (Å²) < 4.78 is 37.5. The van der Waals surface area contributed by atoms with Gasteiger partial charge in [-0.15, -0.1) is 0 Å². The molecule has 3 aromatic rings. The Bertz CT molecular complexity index is 1510. The van der Waals surface area contributed by atoms with Gasteiger partial charge in [0.2, 0.25) is 10.0 Å². The van der Waals surface area contributed by atoms with E-state index in [-0.39, 0.29) is 17.8 Å². The zero-order chi connectivity index (χ0) is 30.8. The van der Waals surface area contributed by atoms with Gasteiger partial charge in [0.05, 0.1) is 22.7 Å². The molecular formula is C31H44N6O5S. The van der Waals surface area contributed by atoms with E-state index in [0.29, 0.717) is 37.0 Å². The summed E-state index contributed by atoms with van der Waals surface area (Å²) in [6.07, 6.45) is 2.17. The first kappa shape index (κ1) is 31.5. The predicted octanol–water partition coefficient (Wildman–Crippen LogP) is 2.97. The Labute approximate surface area is 254 Å². The summed E-state index contributed by atoms with van der Waals surface area (Å²) in [7, 11) is -1.31. The molecular weight excluding hydrogens is 568 g/mol. The summed E-state index contributed by atoms with van der Waals surface area (Å²) in [5, 5.41) is 17.2. The first-order chi connectivity index (χ1) is 20.5. The third kappa shape index (κ3) is 6.93. The van der Waals surface area contributed by atoms with Gasteiger partial charge in [0.15, 0.2) is 5.82 Å². The Kier molecular flexibility index (Phi) is 9.52. The molecule has 0 amide bonds. The highest BCUT2D eigenvalue weighted by Crippen LogP contribution is 2.42. The molecule has 0 saturated carbocycles. The lowest BCUT2D eigenvalue weighted by Crippen LogP contribution is -2.62. The highest BCUT2D eigenvalue weighted by Gasteiger charge is 2.48. The van der Waals surface area contributed by atoms with Crippen LogP contribution in [0, 0.1) is 26.2 Å². The molecule has 2 aliphatic heterocycles. The predicted molar refractivity (Wildman–Crippen MR) is 165 cm³/mol. The second-order valence-electron chi connectivity index (χ2n) is 12.0. The Morgan fingerprint density at radius 2 is 1.91 bits per heavy atom. The fourth-order valence-corrected chi connectivity index (χ4v) is 7.43. The van der Waals surface area contributed by atoms with Crippen LogP contribution in [0.15, 0.2) is 28.8 Å². The monoisotopic (exact) mass is 612 g/mol. The van der Waals surface area contributed by atoms with Gasteiger partial charge in [0.1, 0.15) is 24.2 Å². The number of ether oxygens (including phenoxy) is 1. The first-order valence-corrected chi connectivity index (χ1v) is 16.7. The molecule has 0 radical (unpaired) electrons. The number of aryl methyl sites for hydroxylation is 2. The van der Waals surface area contributed by atoms with Crippen LogP contribution >= 0.6 is 0 Å². The minimum atomic E-state index is -3.10. The van der Waals surface area contributed by atoms with Crippen LogP contribution in [0.2, 0.25) is 0 Å². The van der Waals surface area contributed by atoms with Crippen LogP contribution < -0.4 is 10.1 Å². The van der Waals surface area contributed by atoms with Crippen molar-refractivity contribution in [1.82, 2.24) is 29.6 Å². The molecule has 0 bridgehead atoms. The molecule has 11 nitrogen and oxygen atoms in total. The van der Waals surface area contributed by atoms with Crippen LogP contribution in [0.1, 0.15) is 42.5 Å². The lowest BCUT2D eigenvalue weighted by atomic mass is 9.73. The Morgan fingerprint density at radius 3 is 2.56 bits per heavy atom. The minimum absolute atomic E-state index is 0.128. The van der Waals surface area contributed by atoms with Crippen LogP contribution in [0.4, 0.5) is 0 Å². The maximum atomic E-state index is 12.2. The number of nitrogens with one attached hydrogen (secondary N) is 1. The summed E-state index contributed by atoms with van der Waals surface area (Å²) in [4.78, 5) is 12.5. The first-order valence-electron chi connectivity index (χ1n) is 15.1. The van der Waals surface area contributed by atoms with Crippen LogP contribution in [0.5, 0.6) is 5.75 Å². The number of nitrogens with zero attached hydrogens (tertiary/aromatic N) is 5. The number of sulfonamides is 1. The van der Waals surface area contributed by atoms with Gasteiger partial charge in [-0.05, 0) is 78.4 Å². The van der Waals surface area contributed by atoms with E-state index in [9.17, 15) is 13.5 Å². The highest BCUT2D eigenvalue weighted by atomic mass is 32.2. The number of rotatable bonds is 12. The average molecular weight is 613 g/mol. The Morgan fingerprint density at radius 1 is 1.16 bits per heavy atom. The summed E-state index contributed by atoms with van der Waals surface area (Å²) in [6.45, 7) is 12.3. The van der Waals surface area contributed by atoms with Crippen molar-refractivity contribution in [3.05, 3.63) is 47.0 Å². The molecule has 5 rings (SSSR count). The van der Waals surface area contributed by atoms with Crippen molar-refractivity contribution in [1.29, 1.82) is 0 Å². The van der Waals surface area contributed by atoms with Gasteiger partial charge >= 0.3 is 0 Å². The number of piperidine rings is 1. The molecule has 2 N–H and O–H groups in total. The van der Waals surface area contributed by atoms with E-state index >= 15 is 0 Å². The normalized spacial score (nSPS) is 18.1. The van der Waals surface area contributed by atoms with E-state index in [1.54, 1.807) is 18.3 Å². The van der Waals surface area contributed by atoms with Crippen molar-refractivity contribution in [2.45, 2.75) is 53.1 Å². The van der Waals surface area contributed by atoms with E-state index in [2.05, 4.69) is 22.3 Å². The molecule has 2 aromatic heterocycles. The SMILES string of the molecule is CCS(=O)(=O)N1CC2(CCN(CCc3nc(-c4cccc(OCC(O)CNC)c4)nc(-c4c(C)noc4C)c3C)CC2)C1. The molecule has 4 heterocycles. The molecule has 0 aliphatic carbocycles. The van der Waals surface area contributed by atoms with Gasteiger partial charge in [-0.3, -0.25) is 0 Å². The van der Waals surface area contributed by atoms with Crippen molar-refractivity contribution in [2.75, 3.05) is 58.7 Å². The molecule has 2 fully saturated rings. The molecule has 234 valence electrons. The summed E-state index contributed by atoms with van der Waals surface area (Å²) in [6, 6.07) is 7.64. The molecule has 43 heavy (non-hydrogen) atoms. The molecule has 1 aromatic carbocycles. The number of aromatic nitrogens is 3. The van der Waals surface area contributed by atoms with Crippen molar-refractivity contribution in [2.24, 2.45) is 5.41 Å². The van der Waals surface area contributed by atoms with Gasteiger partial charge in [0, 0.05) is 49.3 Å². The zero-order valence-electron chi connectivity index (χ0n) is 25.9. The number of likely N-dealkylation sites (N-methyl/N-ethyl adjacent to an activating group) is 1. The lowest BCUT2D eigenvalue weighted by Gasteiger charge is -2.53. The zero-order valence-corrected chi connectivity index (χ0v) is 26.7. The third-order valence-electron chi connectivity index (χ3n) is 8.85. The van der Waals surface area contributed by atoms with E-state index in [4.69, 9.17) is 19.2 Å². The van der Waals surface area contributed by atoms with E-state index in [1.807, 2.05) is 38.1 Å². The van der Waals surface area contributed by atoms with Crippen molar-refractivity contribution in [3.63, 3.8) is 0 Å². The fraction of sp³-hybridized carbons (Fsp3) is 0.581. The number of aliphatic hydroxyl groups excluding tert-OH is 1. The van der Waals surface area contributed by atoms with Crippen LogP contribution in [-0.2, 0) is 16.4 Å². The van der Waals surface area contributed by atoms with E-state index < -0.39 is 16.1 Å². The standard InChI is InChI=1S/C31H44N6O5S/c1-6-43(39,40)37-19-31(20-37)11-14-36(15-12-31)13-10-27-21(2)29(28-22(3)35-42-23(28)4)34-30(33-27)24-8-7-9-26(16-24)41-18-25(38)17-32-5/h7-9,16,25,32,38H,6,10-15,17-20H2,1-5H3. The van der Waals surface area contributed by atoms with Crippen LogP contribution in [-0.4, -0.2) is 103 Å². The Balaban J connectivity index is 1.34. The highest BCUT2D eigenvalue weighted by molar-refractivity contribution is 7.89. The number of likely N-dealkylation sites (tertiary alicyclic amines) is 1. The number of hydrogen-bond donors (Lipinski definition) is 2. The van der Waals surface area contributed by atoms with Crippen LogP contribution in [0.3, 0.4) is 0 Å². The van der Waals surface area contributed by atoms with Crippen molar-refractivity contribution >= 4 is 10.0 Å². The van der Waals surface area contributed by atoms with Gasteiger partial charge in [0.25, 0.3) is 0 Å². The quantitative estimate of drug-likeness (QED) is 0.314. The van der Waals surface area contributed by atoms with Crippen LogP contribution in [0.25, 0.3) is 22.6 Å². The molecule has 1 unspecified atom stereocenters. The summed E-state index contributed by atoms with van der Waals surface area (Å²) >= 11 is 0. The van der Waals surface area contributed by atoms with Gasteiger partial charge < -0.3 is 24.6 Å². The molecule has 1 spiro atoms. The summed E-state index contributed by atoms with van der Waals surface area (Å²) in [5.74, 6) is 2.12. The molecule has 12 heteroatoms. The molecule has 1 atom stereocenters. The van der Waals surface area contributed by atoms with E-state index in [1.165, 1.54) is 0 Å². The van der Waals surface area contributed by atoms with Crippen molar-refractivity contribution in [3.8, 4) is 28.4 Å². The smallest absolute Gasteiger partial charge is 0.213 e.